The van der Waals surface area contributed by atoms with Crippen LogP contribution in [-0.2, 0) is 9.53 Å². The molecular formula is C14H19NO4S. The third-order valence-corrected chi connectivity index (χ3v) is 4.32. The summed E-state index contributed by atoms with van der Waals surface area (Å²) in [5, 5.41) is 8.68. The highest BCUT2D eigenvalue weighted by Crippen LogP contribution is 2.39. The van der Waals surface area contributed by atoms with E-state index >= 15 is 0 Å². The highest BCUT2D eigenvalue weighted by Gasteiger charge is 2.32. The summed E-state index contributed by atoms with van der Waals surface area (Å²) in [5.74, 6) is 1.40. The van der Waals surface area contributed by atoms with E-state index in [2.05, 4.69) is 0 Å². The van der Waals surface area contributed by atoms with E-state index in [1.54, 1.807) is 18.9 Å². The minimum Gasteiger partial charge on any atom is -0.497 e. The Balaban J connectivity index is 2.02. The Morgan fingerprint density at radius 2 is 2.30 bits per heavy atom. The van der Waals surface area contributed by atoms with Gasteiger partial charge in [0.1, 0.15) is 11.1 Å². The molecule has 1 aromatic carbocycles. The second-order valence-corrected chi connectivity index (χ2v) is 5.43. The van der Waals surface area contributed by atoms with Crippen LogP contribution in [-0.4, -0.2) is 55.1 Å². The number of aliphatic hydroxyl groups is 1. The van der Waals surface area contributed by atoms with Crippen molar-refractivity contribution in [2.75, 3.05) is 39.2 Å². The molecule has 20 heavy (non-hydrogen) atoms. The van der Waals surface area contributed by atoms with E-state index in [1.165, 1.54) is 0 Å². The molecule has 1 amide bonds. The van der Waals surface area contributed by atoms with Crippen LogP contribution in [0.3, 0.4) is 0 Å². The minimum absolute atomic E-state index is 0.00199. The Labute approximate surface area is 122 Å². The van der Waals surface area contributed by atoms with Crippen LogP contribution in [0.2, 0.25) is 0 Å². The van der Waals surface area contributed by atoms with E-state index in [1.807, 2.05) is 29.2 Å². The quantitative estimate of drug-likeness (QED) is 0.768. The summed E-state index contributed by atoms with van der Waals surface area (Å²) >= 11 is 1.61. The first-order chi connectivity index (χ1) is 9.76. The van der Waals surface area contributed by atoms with Gasteiger partial charge < -0.3 is 19.5 Å². The summed E-state index contributed by atoms with van der Waals surface area (Å²) in [6.45, 7) is 1.28. The minimum atomic E-state index is 0.00199. The third-order valence-electron chi connectivity index (χ3n) is 3.06. The SMILES string of the molecule is COc1cccc(C2SCC(=O)N2CCOCCO)c1. The number of benzene rings is 1. The summed E-state index contributed by atoms with van der Waals surface area (Å²) < 4.78 is 10.5. The molecule has 2 rings (SSSR count). The number of hydrogen-bond donors (Lipinski definition) is 1. The molecule has 0 saturated carbocycles. The predicted octanol–water partition coefficient (Wildman–Crippen LogP) is 1.28. The Bertz CT molecular complexity index is 455. The first-order valence-electron chi connectivity index (χ1n) is 6.50. The van der Waals surface area contributed by atoms with Gasteiger partial charge in [-0.1, -0.05) is 12.1 Å². The van der Waals surface area contributed by atoms with Crippen molar-refractivity contribution in [2.24, 2.45) is 0 Å². The van der Waals surface area contributed by atoms with Gasteiger partial charge in [0.15, 0.2) is 0 Å². The van der Waals surface area contributed by atoms with Gasteiger partial charge in [-0.2, -0.15) is 0 Å². The highest BCUT2D eigenvalue weighted by atomic mass is 32.2. The predicted molar refractivity (Wildman–Crippen MR) is 77.8 cm³/mol. The zero-order chi connectivity index (χ0) is 14.4. The number of rotatable bonds is 7. The molecule has 1 atom stereocenters. The summed E-state index contributed by atoms with van der Waals surface area (Å²) in [6.07, 6.45) is 0. The molecule has 1 N–H and O–H groups in total. The molecule has 1 aromatic rings. The van der Waals surface area contributed by atoms with Crippen molar-refractivity contribution >= 4 is 17.7 Å². The van der Waals surface area contributed by atoms with Crippen LogP contribution in [0.5, 0.6) is 5.75 Å². The second kappa shape index (κ2) is 7.52. The maximum Gasteiger partial charge on any atom is 0.233 e. The van der Waals surface area contributed by atoms with Crippen molar-refractivity contribution in [3.63, 3.8) is 0 Å². The average Bonchev–Trinajstić information content (AvgIpc) is 2.85. The normalized spacial score (nSPS) is 18.6. The lowest BCUT2D eigenvalue weighted by molar-refractivity contribution is -0.128. The highest BCUT2D eigenvalue weighted by molar-refractivity contribution is 8.00. The summed E-state index contributed by atoms with van der Waals surface area (Å²) in [7, 11) is 1.63. The first-order valence-corrected chi connectivity index (χ1v) is 7.54. The summed E-state index contributed by atoms with van der Waals surface area (Å²) in [5.41, 5.74) is 1.06. The molecule has 1 unspecified atom stereocenters. The Kier molecular flexibility index (Phi) is 5.70. The van der Waals surface area contributed by atoms with Crippen molar-refractivity contribution in [3.8, 4) is 5.75 Å². The van der Waals surface area contributed by atoms with Crippen molar-refractivity contribution < 1.29 is 19.4 Å². The topological polar surface area (TPSA) is 59.0 Å². The van der Waals surface area contributed by atoms with Crippen LogP contribution in [0, 0.1) is 0 Å². The average molecular weight is 297 g/mol. The number of methoxy groups -OCH3 is 1. The lowest BCUT2D eigenvalue weighted by atomic mass is 10.2. The third kappa shape index (κ3) is 3.65. The van der Waals surface area contributed by atoms with E-state index in [9.17, 15) is 4.79 Å². The molecule has 0 radical (unpaired) electrons. The van der Waals surface area contributed by atoms with Crippen LogP contribution in [0.25, 0.3) is 0 Å². The molecule has 0 spiro atoms. The number of hydrogen-bond acceptors (Lipinski definition) is 5. The number of carbonyl (C=O) groups excluding carboxylic acids is 1. The monoisotopic (exact) mass is 297 g/mol. The lowest BCUT2D eigenvalue weighted by Gasteiger charge is -2.24. The fourth-order valence-corrected chi connectivity index (χ4v) is 3.30. The number of carbonyl (C=O) groups is 1. The van der Waals surface area contributed by atoms with Gasteiger partial charge >= 0.3 is 0 Å². The molecule has 0 bridgehead atoms. The first kappa shape index (κ1) is 15.2. The smallest absolute Gasteiger partial charge is 0.233 e. The fraction of sp³-hybridized carbons (Fsp3) is 0.500. The molecule has 1 saturated heterocycles. The van der Waals surface area contributed by atoms with Gasteiger partial charge in [-0.05, 0) is 17.7 Å². The Hall–Kier alpha value is -1.24. The molecule has 6 heteroatoms. The van der Waals surface area contributed by atoms with Gasteiger partial charge in [-0.15, -0.1) is 11.8 Å². The largest absolute Gasteiger partial charge is 0.497 e. The van der Waals surface area contributed by atoms with Gasteiger partial charge in [-0.3, -0.25) is 4.79 Å². The van der Waals surface area contributed by atoms with Gasteiger partial charge in [0.25, 0.3) is 0 Å². The molecule has 1 fully saturated rings. The molecule has 1 aliphatic heterocycles. The van der Waals surface area contributed by atoms with Gasteiger partial charge in [-0.25, -0.2) is 0 Å². The molecule has 5 nitrogen and oxygen atoms in total. The van der Waals surface area contributed by atoms with Crippen molar-refractivity contribution in [2.45, 2.75) is 5.37 Å². The standard InChI is InChI=1S/C14H19NO4S/c1-18-12-4-2-3-11(9-12)14-15(13(17)10-20-14)5-7-19-8-6-16/h2-4,9,14,16H,5-8,10H2,1H3. The molecule has 0 aromatic heterocycles. The molecular weight excluding hydrogens is 278 g/mol. The van der Waals surface area contributed by atoms with Gasteiger partial charge in [0, 0.05) is 6.54 Å². The van der Waals surface area contributed by atoms with Crippen LogP contribution in [0.15, 0.2) is 24.3 Å². The van der Waals surface area contributed by atoms with E-state index in [0.29, 0.717) is 25.5 Å². The molecule has 1 heterocycles. The van der Waals surface area contributed by atoms with Crippen LogP contribution in [0.1, 0.15) is 10.9 Å². The fourth-order valence-electron chi connectivity index (χ4n) is 2.10. The second-order valence-electron chi connectivity index (χ2n) is 4.36. The number of thioether (sulfide) groups is 1. The summed E-state index contributed by atoms with van der Waals surface area (Å²) in [4.78, 5) is 13.8. The van der Waals surface area contributed by atoms with Crippen molar-refractivity contribution in [3.05, 3.63) is 29.8 Å². The molecule has 0 aliphatic carbocycles. The van der Waals surface area contributed by atoms with E-state index in [4.69, 9.17) is 14.6 Å². The van der Waals surface area contributed by atoms with Crippen molar-refractivity contribution in [1.82, 2.24) is 4.90 Å². The number of aliphatic hydroxyl groups excluding tert-OH is 1. The molecule has 110 valence electrons. The zero-order valence-corrected chi connectivity index (χ0v) is 12.3. The zero-order valence-electron chi connectivity index (χ0n) is 11.4. The van der Waals surface area contributed by atoms with E-state index in [0.717, 1.165) is 11.3 Å². The Morgan fingerprint density at radius 1 is 1.45 bits per heavy atom. The van der Waals surface area contributed by atoms with E-state index < -0.39 is 0 Å². The number of nitrogens with zero attached hydrogens (tertiary/aromatic N) is 1. The summed E-state index contributed by atoms with van der Waals surface area (Å²) in [6, 6.07) is 7.77. The Morgan fingerprint density at radius 3 is 3.05 bits per heavy atom. The van der Waals surface area contributed by atoms with E-state index in [-0.39, 0.29) is 17.9 Å². The van der Waals surface area contributed by atoms with Crippen LogP contribution in [0.4, 0.5) is 0 Å². The van der Waals surface area contributed by atoms with Gasteiger partial charge in [0.2, 0.25) is 5.91 Å². The maximum atomic E-state index is 11.9. The number of amides is 1. The van der Waals surface area contributed by atoms with Crippen LogP contribution >= 0.6 is 11.8 Å². The lowest BCUT2D eigenvalue weighted by Crippen LogP contribution is -2.31. The van der Waals surface area contributed by atoms with Crippen LogP contribution < -0.4 is 4.74 Å². The van der Waals surface area contributed by atoms with Crippen molar-refractivity contribution in [1.29, 1.82) is 0 Å². The molecule has 1 aliphatic rings. The maximum absolute atomic E-state index is 11.9. The van der Waals surface area contributed by atoms with Gasteiger partial charge in [0.05, 0.1) is 32.7 Å². The number of ether oxygens (including phenoxy) is 2.